The number of phenols is 2. The summed E-state index contributed by atoms with van der Waals surface area (Å²) in [7, 11) is 0. The monoisotopic (exact) mass is 264 g/mol. The van der Waals surface area contributed by atoms with Crippen molar-refractivity contribution in [2.45, 2.75) is 0 Å². The fourth-order valence-electron chi connectivity index (χ4n) is 1.99. The van der Waals surface area contributed by atoms with Crippen molar-refractivity contribution < 1.29 is 10.2 Å². The molecule has 20 heavy (non-hydrogen) atoms. The molecule has 0 aliphatic carbocycles. The lowest BCUT2D eigenvalue weighted by Gasteiger charge is -2.03. The molecule has 0 spiro atoms. The minimum absolute atomic E-state index is 0.127. The van der Waals surface area contributed by atoms with Crippen LogP contribution in [-0.2, 0) is 0 Å². The molecule has 0 aliphatic heterocycles. The lowest BCUT2D eigenvalue weighted by molar-refractivity contribution is 0.474. The van der Waals surface area contributed by atoms with Gasteiger partial charge in [0.15, 0.2) is 0 Å². The van der Waals surface area contributed by atoms with E-state index in [2.05, 4.69) is 9.98 Å². The van der Waals surface area contributed by atoms with Crippen molar-refractivity contribution in [3.63, 3.8) is 0 Å². The van der Waals surface area contributed by atoms with E-state index < -0.39 is 0 Å². The molecule has 1 heterocycles. The fraction of sp³-hybridized carbons (Fsp3) is 0. The molecule has 2 aromatic carbocycles. The van der Waals surface area contributed by atoms with Gasteiger partial charge in [-0.1, -0.05) is 12.1 Å². The predicted molar refractivity (Wildman–Crippen MR) is 78.8 cm³/mol. The molecule has 4 heteroatoms. The molecule has 0 unspecified atom stereocenters. The van der Waals surface area contributed by atoms with Gasteiger partial charge in [0.05, 0.1) is 5.69 Å². The third kappa shape index (κ3) is 2.19. The molecular formula is C16H12N2O2. The van der Waals surface area contributed by atoms with Crippen molar-refractivity contribution in [2.75, 3.05) is 0 Å². The summed E-state index contributed by atoms with van der Waals surface area (Å²) in [6, 6.07) is 13.9. The molecule has 3 aromatic rings. The Bertz CT molecular complexity index is 797. The number of aliphatic imine (C=N–C) groups is 1. The number of para-hydroxylation sites is 1. The van der Waals surface area contributed by atoms with E-state index in [0.717, 1.165) is 5.39 Å². The lowest BCUT2D eigenvalue weighted by atomic mass is 10.1. The summed E-state index contributed by atoms with van der Waals surface area (Å²) in [5.41, 5.74) is 1.84. The van der Waals surface area contributed by atoms with Crippen molar-refractivity contribution in [1.82, 2.24) is 4.98 Å². The SMILES string of the molecule is Oc1ccccc1/C=N/c1ccc(O)c2ncccc12. The van der Waals surface area contributed by atoms with E-state index in [-0.39, 0.29) is 11.5 Å². The zero-order valence-electron chi connectivity index (χ0n) is 10.6. The van der Waals surface area contributed by atoms with Crippen LogP contribution in [0.4, 0.5) is 5.69 Å². The highest BCUT2D eigenvalue weighted by molar-refractivity contribution is 5.96. The molecule has 0 bridgehead atoms. The van der Waals surface area contributed by atoms with Gasteiger partial charge >= 0.3 is 0 Å². The van der Waals surface area contributed by atoms with Crippen molar-refractivity contribution >= 4 is 22.8 Å². The molecule has 0 atom stereocenters. The van der Waals surface area contributed by atoms with Crippen LogP contribution in [0.5, 0.6) is 11.5 Å². The Morgan fingerprint density at radius 2 is 1.75 bits per heavy atom. The standard InChI is InChI=1S/C16H12N2O2/c19-14-6-2-1-4-11(14)10-18-13-7-8-15(20)16-12(13)5-3-9-17-16/h1-10,19-20H/b18-10+. The zero-order valence-corrected chi connectivity index (χ0v) is 10.6. The quantitative estimate of drug-likeness (QED) is 0.697. The molecule has 0 aliphatic rings. The first-order valence-corrected chi connectivity index (χ1v) is 6.14. The van der Waals surface area contributed by atoms with E-state index in [9.17, 15) is 10.2 Å². The van der Waals surface area contributed by atoms with Crippen LogP contribution in [0.2, 0.25) is 0 Å². The molecule has 4 nitrogen and oxygen atoms in total. The number of phenolic OH excluding ortho intramolecular Hbond substituents is 2. The molecule has 0 fully saturated rings. The molecule has 2 N–H and O–H groups in total. The molecule has 0 saturated carbocycles. The Hall–Kier alpha value is -2.88. The maximum atomic E-state index is 9.77. The summed E-state index contributed by atoms with van der Waals surface area (Å²) in [6.07, 6.45) is 3.22. The van der Waals surface area contributed by atoms with Gasteiger partial charge in [0, 0.05) is 23.4 Å². The van der Waals surface area contributed by atoms with Gasteiger partial charge in [-0.15, -0.1) is 0 Å². The van der Waals surface area contributed by atoms with Gasteiger partial charge in [-0.05, 0) is 36.4 Å². The number of hydrogen-bond acceptors (Lipinski definition) is 4. The summed E-state index contributed by atoms with van der Waals surface area (Å²) in [5, 5.41) is 20.2. The van der Waals surface area contributed by atoms with Gasteiger partial charge in [-0.3, -0.25) is 9.98 Å². The Morgan fingerprint density at radius 3 is 2.60 bits per heavy atom. The normalized spacial score (nSPS) is 11.2. The number of aromatic nitrogens is 1. The molecular weight excluding hydrogens is 252 g/mol. The van der Waals surface area contributed by atoms with Gasteiger partial charge in [0.2, 0.25) is 0 Å². The summed E-state index contributed by atoms with van der Waals surface area (Å²) < 4.78 is 0. The zero-order chi connectivity index (χ0) is 13.9. The smallest absolute Gasteiger partial charge is 0.141 e. The van der Waals surface area contributed by atoms with Crippen molar-refractivity contribution in [2.24, 2.45) is 4.99 Å². The Kier molecular flexibility index (Phi) is 3.05. The van der Waals surface area contributed by atoms with Gasteiger partial charge in [0.1, 0.15) is 17.0 Å². The van der Waals surface area contributed by atoms with Crippen LogP contribution >= 0.6 is 0 Å². The van der Waals surface area contributed by atoms with Crippen LogP contribution in [0.1, 0.15) is 5.56 Å². The first kappa shape index (κ1) is 12.2. The maximum Gasteiger partial charge on any atom is 0.141 e. The summed E-state index contributed by atoms with van der Waals surface area (Å²) in [5.74, 6) is 0.305. The highest BCUT2D eigenvalue weighted by atomic mass is 16.3. The fourth-order valence-corrected chi connectivity index (χ4v) is 1.99. The van der Waals surface area contributed by atoms with Crippen LogP contribution in [0.15, 0.2) is 59.7 Å². The summed E-state index contributed by atoms with van der Waals surface area (Å²) in [6.45, 7) is 0. The van der Waals surface area contributed by atoms with Gasteiger partial charge < -0.3 is 10.2 Å². The number of rotatable bonds is 2. The van der Waals surface area contributed by atoms with E-state index in [4.69, 9.17) is 0 Å². The minimum atomic E-state index is 0.127. The van der Waals surface area contributed by atoms with Crippen LogP contribution in [0.25, 0.3) is 10.9 Å². The highest BCUT2D eigenvalue weighted by Crippen LogP contribution is 2.30. The first-order valence-electron chi connectivity index (χ1n) is 6.14. The van der Waals surface area contributed by atoms with Gasteiger partial charge in [0.25, 0.3) is 0 Å². The molecule has 3 rings (SSSR count). The van der Waals surface area contributed by atoms with Crippen LogP contribution in [0, 0.1) is 0 Å². The number of aromatic hydroxyl groups is 2. The van der Waals surface area contributed by atoms with Gasteiger partial charge in [-0.25, -0.2) is 0 Å². The topological polar surface area (TPSA) is 65.7 Å². The van der Waals surface area contributed by atoms with E-state index in [1.807, 2.05) is 12.1 Å². The van der Waals surface area contributed by atoms with Gasteiger partial charge in [-0.2, -0.15) is 0 Å². The van der Waals surface area contributed by atoms with Crippen LogP contribution in [0.3, 0.4) is 0 Å². The van der Waals surface area contributed by atoms with Crippen LogP contribution in [-0.4, -0.2) is 21.4 Å². The Morgan fingerprint density at radius 1 is 0.900 bits per heavy atom. The van der Waals surface area contributed by atoms with Crippen molar-refractivity contribution in [3.8, 4) is 11.5 Å². The molecule has 0 radical (unpaired) electrons. The average Bonchev–Trinajstić information content (AvgIpc) is 2.48. The second-order valence-electron chi connectivity index (χ2n) is 4.32. The molecule has 98 valence electrons. The number of hydrogen-bond donors (Lipinski definition) is 2. The van der Waals surface area contributed by atoms with Crippen molar-refractivity contribution in [1.29, 1.82) is 0 Å². The van der Waals surface area contributed by atoms with Crippen molar-refractivity contribution in [3.05, 3.63) is 60.3 Å². The number of nitrogens with zero attached hydrogens (tertiary/aromatic N) is 2. The second kappa shape index (κ2) is 5.01. The number of pyridine rings is 1. The molecule has 0 saturated heterocycles. The summed E-state index contributed by atoms with van der Waals surface area (Å²) >= 11 is 0. The number of fused-ring (bicyclic) bond motifs is 1. The second-order valence-corrected chi connectivity index (χ2v) is 4.32. The lowest BCUT2D eigenvalue weighted by Crippen LogP contribution is -1.83. The Labute approximate surface area is 115 Å². The van der Waals surface area contributed by atoms with E-state index in [0.29, 0.717) is 16.8 Å². The Balaban J connectivity index is 2.08. The summed E-state index contributed by atoms with van der Waals surface area (Å²) in [4.78, 5) is 8.51. The van der Waals surface area contributed by atoms with E-state index >= 15 is 0 Å². The molecule has 0 amide bonds. The third-order valence-corrected chi connectivity index (χ3v) is 3.00. The van der Waals surface area contributed by atoms with E-state index in [1.54, 1.807) is 48.8 Å². The maximum absolute atomic E-state index is 9.77. The number of benzene rings is 2. The first-order chi connectivity index (χ1) is 9.75. The predicted octanol–water partition coefficient (Wildman–Crippen LogP) is 3.40. The van der Waals surface area contributed by atoms with E-state index in [1.165, 1.54) is 0 Å². The van der Waals surface area contributed by atoms with Crippen LogP contribution < -0.4 is 0 Å². The highest BCUT2D eigenvalue weighted by Gasteiger charge is 2.04. The third-order valence-electron chi connectivity index (χ3n) is 3.00. The minimum Gasteiger partial charge on any atom is -0.507 e. The average molecular weight is 264 g/mol. The largest absolute Gasteiger partial charge is 0.507 e. The molecule has 1 aromatic heterocycles.